The fraction of sp³-hybridized carbons (Fsp3) is 1.00. The second kappa shape index (κ2) is 4.24. The second-order valence-corrected chi connectivity index (χ2v) is 3.92. The van der Waals surface area contributed by atoms with Crippen molar-refractivity contribution in [1.29, 1.82) is 0 Å². The molecule has 1 aliphatic heterocycles. The summed E-state index contributed by atoms with van der Waals surface area (Å²) in [5.74, 6) is 0. The van der Waals surface area contributed by atoms with E-state index in [0.717, 1.165) is 32.4 Å². The van der Waals surface area contributed by atoms with Gasteiger partial charge in [0, 0.05) is 13.1 Å². The third-order valence-electron chi connectivity index (χ3n) is 2.98. The van der Waals surface area contributed by atoms with Crippen LogP contribution in [0.3, 0.4) is 0 Å². The summed E-state index contributed by atoms with van der Waals surface area (Å²) in [6.45, 7) is 7.65. The van der Waals surface area contributed by atoms with E-state index < -0.39 is 0 Å². The van der Waals surface area contributed by atoms with Crippen molar-refractivity contribution in [3.63, 3.8) is 0 Å². The zero-order chi connectivity index (χ0) is 9.03. The van der Waals surface area contributed by atoms with E-state index in [0.29, 0.717) is 0 Å². The molecule has 0 spiro atoms. The first kappa shape index (κ1) is 10.0. The molecule has 0 bridgehead atoms. The Labute approximate surface area is 75.6 Å². The van der Waals surface area contributed by atoms with Gasteiger partial charge < -0.3 is 10.0 Å². The van der Waals surface area contributed by atoms with Crippen LogP contribution in [-0.4, -0.2) is 35.2 Å². The maximum absolute atomic E-state index is 9.94. The summed E-state index contributed by atoms with van der Waals surface area (Å²) in [5.41, 5.74) is -0.343. The zero-order valence-corrected chi connectivity index (χ0v) is 8.34. The van der Waals surface area contributed by atoms with Crippen LogP contribution >= 0.6 is 0 Å². The number of nitrogens with zero attached hydrogens (tertiary/aromatic N) is 1. The van der Waals surface area contributed by atoms with Crippen LogP contribution in [0.2, 0.25) is 0 Å². The van der Waals surface area contributed by atoms with E-state index in [-0.39, 0.29) is 5.60 Å². The summed E-state index contributed by atoms with van der Waals surface area (Å²) in [5, 5.41) is 9.94. The van der Waals surface area contributed by atoms with Gasteiger partial charge in [0.25, 0.3) is 0 Å². The fourth-order valence-corrected chi connectivity index (χ4v) is 1.86. The SMILES string of the molecule is CCCN1CCC(O)(CC)CC1. The van der Waals surface area contributed by atoms with Gasteiger partial charge in [0.05, 0.1) is 5.60 Å². The predicted octanol–water partition coefficient (Wildman–Crippen LogP) is 1.63. The first-order chi connectivity index (χ1) is 5.70. The van der Waals surface area contributed by atoms with Gasteiger partial charge in [0.1, 0.15) is 0 Å². The number of piperidine rings is 1. The first-order valence-corrected chi connectivity index (χ1v) is 5.15. The van der Waals surface area contributed by atoms with Gasteiger partial charge >= 0.3 is 0 Å². The molecule has 0 aliphatic carbocycles. The van der Waals surface area contributed by atoms with E-state index >= 15 is 0 Å². The van der Waals surface area contributed by atoms with Crippen molar-refractivity contribution in [3.05, 3.63) is 0 Å². The first-order valence-electron chi connectivity index (χ1n) is 5.15. The summed E-state index contributed by atoms with van der Waals surface area (Å²) < 4.78 is 0. The Morgan fingerprint density at radius 3 is 2.25 bits per heavy atom. The minimum Gasteiger partial charge on any atom is -0.390 e. The number of hydrogen-bond donors (Lipinski definition) is 1. The summed E-state index contributed by atoms with van der Waals surface area (Å²) in [4.78, 5) is 2.45. The van der Waals surface area contributed by atoms with Gasteiger partial charge in [-0.2, -0.15) is 0 Å². The third-order valence-corrected chi connectivity index (χ3v) is 2.98. The van der Waals surface area contributed by atoms with Gasteiger partial charge in [0.15, 0.2) is 0 Å². The van der Waals surface area contributed by atoms with Crippen LogP contribution in [0.5, 0.6) is 0 Å². The standard InChI is InChI=1S/C10H21NO/c1-3-7-11-8-5-10(12,4-2)6-9-11/h12H,3-9H2,1-2H3. The minimum absolute atomic E-state index is 0.343. The molecule has 0 unspecified atom stereocenters. The lowest BCUT2D eigenvalue weighted by atomic mass is 9.89. The molecule has 0 aromatic heterocycles. The Balaban J connectivity index is 2.29. The van der Waals surface area contributed by atoms with Crippen LogP contribution in [0.4, 0.5) is 0 Å². The highest BCUT2D eigenvalue weighted by Gasteiger charge is 2.29. The highest BCUT2D eigenvalue weighted by atomic mass is 16.3. The number of rotatable bonds is 3. The molecule has 2 nitrogen and oxygen atoms in total. The van der Waals surface area contributed by atoms with Crippen LogP contribution in [0.25, 0.3) is 0 Å². The van der Waals surface area contributed by atoms with E-state index in [4.69, 9.17) is 0 Å². The van der Waals surface area contributed by atoms with Gasteiger partial charge in [-0.1, -0.05) is 13.8 Å². The Morgan fingerprint density at radius 2 is 1.83 bits per heavy atom. The Bertz CT molecular complexity index is 128. The number of likely N-dealkylation sites (tertiary alicyclic amines) is 1. The van der Waals surface area contributed by atoms with Gasteiger partial charge in [-0.25, -0.2) is 0 Å². The van der Waals surface area contributed by atoms with E-state index in [1.54, 1.807) is 0 Å². The maximum Gasteiger partial charge on any atom is 0.0669 e. The van der Waals surface area contributed by atoms with Crippen LogP contribution < -0.4 is 0 Å². The van der Waals surface area contributed by atoms with Crippen molar-refractivity contribution in [3.8, 4) is 0 Å². The lowest BCUT2D eigenvalue weighted by Crippen LogP contribution is -2.44. The monoisotopic (exact) mass is 171 g/mol. The number of hydrogen-bond acceptors (Lipinski definition) is 2. The summed E-state index contributed by atoms with van der Waals surface area (Å²) >= 11 is 0. The largest absolute Gasteiger partial charge is 0.390 e. The highest BCUT2D eigenvalue weighted by molar-refractivity contribution is 4.84. The molecule has 1 heterocycles. The van der Waals surface area contributed by atoms with E-state index in [2.05, 4.69) is 18.7 Å². The van der Waals surface area contributed by atoms with Crippen LogP contribution in [-0.2, 0) is 0 Å². The lowest BCUT2D eigenvalue weighted by Gasteiger charge is -2.37. The molecule has 1 rings (SSSR count). The molecular weight excluding hydrogens is 150 g/mol. The van der Waals surface area contributed by atoms with Crippen molar-refractivity contribution in [1.82, 2.24) is 4.90 Å². The quantitative estimate of drug-likeness (QED) is 0.697. The van der Waals surface area contributed by atoms with Gasteiger partial charge in [0.2, 0.25) is 0 Å². The molecule has 1 fully saturated rings. The molecule has 1 N–H and O–H groups in total. The Hall–Kier alpha value is -0.0800. The maximum atomic E-state index is 9.94. The average Bonchev–Trinajstić information content (AvgIpc) is 2.10. The molecular formula is C10H21NO. The highest BCUT2D eigenvalue weighted by Crippen LogP contribution is 2.24. The molecule has 0 amide bonds. The van der Waals surface area contributed by atoms with E-state index in [1.807, 2.05) is 0 Å². The molecule has 0 radical (unpaired) electrons. The summed E-state index contributed by atoms with van der Waals surface area (Å²) in [6.07, 6.45) is 4.06. The molecule has 0 aromatic rings. The fourth-order valence-electron chi connectivity index (χ4n) is 1.86. The lowest BCUT2D eigenvalue weighted by molar-refractivity contribution is -0.0237. The van der Waals surface area contributed by atoms with Gasteiger partial charge in [-0.3, -0.25) is 0 Å². The minimum atomic E-state index is -0.343. The molecule has 72 valence electrons. The van der Waals surface area contributed by atoms with Gasteiger partial charge in [-0.15, -0.1) is 0 Å². The molecule has 2 heteroatoms. The predicted molar refractivity (Wildman–Crippen MR) is 51.2 cm³/mol. The van der Waals surface area contributed by atoms with Crippen molar-refractivity contribution < 1.29 is 5.11 Å². The topological polar surface area (TPSA) is 23.5 Å². The van der Waals surface area contributed by atoms with Crippen molar-refractivity contribution in [2.75, 3.05) is 19.6 Å². The van der Waals surface area contributed by atoms with Crippen LogP contribution in [0, 0.1) is 0 Å². The molecule has 1 saturated heterocycles. The Kier molecular flexibility index (Phi) is 3.53. The Morgan fingerprint density at radius 1 is 1.25 bits per heavy atom. The van der Waals surface area contributed by atoms with Crippen molar-refractivity contribution in [2.45, 2.75) is 45.1 Å². The second-order valence-electron chi connectivity index (χ2n) is 3.92. The normalized spacial score (nSPS) is 24.2. The van der Waals surface area contributed by atoms with Crippen LogP contribution in [0.15, 0.2) is 0 Å². The van der Waals surface area contributed by atoms with Crippen LogP contribution in [0.1, 0.15) is 39.5 Å². The zero-order valence-electron chi connectivity index (χ0n) is 8.34. The molecule has 0 saturated carbocycles. The molecule has 12 heavy (non-hydrogen) atoms. The molecule has 0 aromatic carbocycles. The number of aliphatic hydroxyl groups is 1. The van der Waals surface area contributed by atoms with Crippen molar-refractivity contribution >= 4 is 0 Å². The van der Waals surface area contributed by atoms with E-state index in [1.165, 1.54) is 13.0 Å². The summed E-state index contributed by atoms with van der Waals surface area (Å²) in [7, 11) is 0. The van der Waals surface area contributed by atoms with Crippen molar-refractivity contribution in [2.24, 2.45) is 0 Å². The molecule has 1 aliphatic rings. The summed E-state index contributed by atoms with van der Waals surface area (Å²) in [6, 6.07) is 0. The molecule has 0 atom stereocenters. The third kappa shape index (κ3) is 2.46. The van der Waals surface area contributed by atoms with E-state index in [9.17, 15) is 5.11 Å². The smallest absolute Gasteiger partial charge is 0.0669 e. The van der Waals surface area contributed by atoms with Gasteiger partial charge in [-0.05, 0) is 32.2 Å². The average molecular weight is 171 g/mol.